The number of methoxy groups -OCH3 is 1. The van der Waals surface area contributed by atoms with Crippen LogP contribution >= 0.6 is 11.3 Å². The zero-order valence-corrected chi connectivity index (χ0v) is 14.8. The standard InChI is InChI=1S/C16H23FN4O2S/c1-20(10-16-18-15(11-22-2)19-23-16)8-13-6-12(17)7-21(13)9-14-4-3-5-24-14/h3-5,12-13H,6-11H2,1-2H3/t12-,13-/m0/s1. The van der Waals surface area contributed by atoms with E-state index >= 15 is 0 Å². The Bertz CT molecular complexity index is 621. The second kappa shape index (κ2) is 8.15. The molecule has 0 radical (unpaired) electrons. The summed E-state index contributed by atoms with van der Waals surface area (Å²) in [6.45, 7) is 2.99. The van der Waals surface area contributed by atoms with E-state index < -0.39 is 6.17 Å². The monoisotopic (exact) mass is 354 g/mol. The smallest absolute Gasteiger partial charge is 0.240 e. The molecule has 1 aliphatic heterocycles. The average molecular weight is 354 g/mol. The molecule has 0 aliphatic carbocycles. The summed E-state index contributed by atoms with van der Waals surface area (Å²) < 4.78 is 24.1. The van der Waals surface area contributed by atoms with Crippen molar-refractivity contribution in [1.82, 2.24) is 19.9 Å². The number of hydrogen-bond donors (Lipinski definition) is 0. The van der Waals surface area contributed by atoms with Gasteiger partial charge in [0.2, 0.25) is 5.89 Å². The molecule has 0 unspecified atom stereocenters. The number of halogens is 1. The lowest BCUT2D eigenvalue weighted by Crippen LogP contribution is -2.38. The summed E-state index contributed by atoms with van der Waals surface area (Å²) in [5.74, 6) is 1.11. The molecule has 8 heteroatoms. The summed E-state index contributed by atoms with van der Waals surface area (Å²) in [5.41, 5.74) is 0. The van der Waals surface area contributed by atoms with Crippen molar-refractivity contribution in [2.45, 2.75) is 38.3 Å². The van der Waals surface area contributed by atoms with Crippen molar-refractivity contribution in [3.05, 3.63) is 34.1 Å². The van der Waals surface area contributed by atoms with Crippen molar-refractivity contribution >= 4 is 11.3 Å². The van der Waals surface area contributed by atoms with E-state index in [2.05, 4.69) is 31.4 Å². The number of likely N-dealkylation sites (tertiary alicyclic amines) is 1. The van der Waals surface area contributed by atoms with E-state index in [0.29, 0.717) is 37.8 Å². The first kappa shape index (κ1) is 17.5. The van der Waals surface area contributed by atoms with Crippen LogP contribution < -0.4 is 0 Å². The normalized spacial score (nSPS) is 21.8. The highest BCUT2D eigenvalue weighted by atomic mass is 32.1. The first-order chi connectivity index (χ1) is 11.6. The topological polar surface area (TPSA) is 54.6 Å². The predicted molar refractivity (Wildman–Crippen MR) is 89.4 cm³/mol. The van der Waals surface area contributed by atoms with Crippen molar-refractivity contribution in [3.8, 4) is 0 Å². The van der Waals surface area contributed by atoms with Gasteiger partial charge >= 0.3 is 0 Å². The maximum atomic E-state index is 13.9. The van der Waals surface area contributed by atoms with Gasteiger partial charge in [-0.2, -0.15) is 4.98 Å². The Morgan fingerprint density at radius 2 is 2.42 bits per heavy atom. The highest BCUT2D eigenvalue weighted by molar-refractivity contribution is 7.09. The van der Waals surface area contributed by atoms with Gasteiger partial charge in [0.15, 0.2) is 5.82 Å². The molecule has 0 bridgehead atoms. The Labute approximate surface area is 145 Å². The molecule has 2 aromatic rings. The number of thiophene rings is 1. The van der Waals surface area contributed by atoms with Gasteiger partial charge in [-0.05, 0) is 24.9 Å². The minimum atomic E-state index is -0.750. The molecule has 2 atom stereocenters. The largest absolute Gasteiger partial charge is 0.377 e. The second-order valence-corrected chi connectivity index (χ2v) is 7.26. The summed E-state index contributed by atoms with van der Waals surface area (Å²) in [6, 6.07) is 4.35. The van der Waals surface area contributed by atoms with E-state index in [0.717, 1.165) is 13.1 Å². The molecule has 1 saturated heterocycles. The number of rotatable bonds is 8. The summed E-state index contributed by atoms with van der Waals surface area (Å²) in [5, 5.41) is 5.92. The van der Waals surface area contributed by atoms with Crippen LogP contribution in [0.15, 0.2) is 22.0 Å². The number of nitrogens with zero attached hydrogens (tertiary/aromatic N) is 4. The predicted octanol–water partition coefficient (Wildman–Crippen LogP) is 2.32. The van der Waals surface area contributed by atoms with E-state index in [4.69, 9.17) is 9.26 Å². The number of hydrogen-bond acceptors (Lipinski definition) is 7. The number of aromatic nitrogens is 2. The minimum absolute atomic E-state index is 0.202. The van der Waals surface area contributed by atoms with E-state index in [1.165, 1.54) is 4.88 Å². The van der Waals surface area contributed by atoms with Crippen LogP contribution in [0, 0.1) is 0 Å². The van der Waals surface area contributed by atoms with Crippen LogP contribution in [0.25, 0.3) is 0 Å². The molecule has 0 saturated carbocycles. The van der Waals surface area contributed by atoms with Gasteiger partial charge in [0.25, 0.3) is 0 Å². The summed E-state index contributed by atoms with van der Waals surface area (Å²) in [6.07, 6.45) is -0.172. The molecule has 3 heterocycles. The third-order valence-electron chi connectivity index (χ3n) is 4.13. The SMILES string of the molecule is COCc1noc(CN(C)C[C@@H]2C[C@H](F)CN2Cc2cccs2)n1. The maximum absolute atomic E-state index is 13.9. The summed E-state index contributed by atoms with van der Waals surface area (Å²) in [7, 11) is 3.59. The highest BCUT2D eigenvalue weighted by Gasteiger charge is 2.33. The van der Waals surface area contributed by atoms with Gasteiger partial charge in [-0.3, -0.25) is 9.80 Å². The minimum Gasteiger partial charge on any atom is -0.377 e. The molecule has 0 N–H and O–H groups in total. The molecule has 0 amide bonds. The number of ether oxygens (including phenoxy) is 1. The van der Waals surface area contributed by atoms with Gasteiger partial charge in [0.05, 0.1) is 6.54 Å². The third-order valence-corrected chi connectivity index (χ3v) is 4.99. The van der Waals surface area contributed by atoms with Crippen molar-refractivity contribution in [2.75, 3.05) is 27.2 Å². The van der Waals surface area contributed by atoms with Crippen LogP contribution in [0.5, 0.6) is 0 Å². The van der Waals surface area contributed by atoms with Crippen molar-refractivity contribution in [1.29, 1.82) is 0 Å². The molecule has 2 aromatic heterocycles. The van der Waals surface area contributed by atoms with Gasteiger partial charge in [-0.15, -0.1) is 11.3 Å². The zero-order chi connectivity index (χ0) is 16.9. The van der Waals surface area contributed by atoms with Gasteiger partial charge in [0, 0.05) is 37.7 Å². The fraction of sp³-hybridized carbons (Fsp3) is 0.625. The van der Waals surface area contributed by atoms with Crippen LogP contribution in [-0.4, -0.2) is 59.4 Å². The molecule has 132 valence electrons. The Hall–Kier alpha value is -1.35. The van der Waals surface area contributed by atoms with Gasteiger partial charge < -0.3 is 9.26 Å². The lowest BCUT2D eigenvalue weighted by atomic mass is 10.2. The Balaban J connectivity index is 1.54. The van der Waals surface area contributed by atoms with E-state index in [-0.39, 0.29) is 6.04 Å². The Morgan fingerprint density at radius 3 is 3.17 bits per heavy atom. The van der Waals surface area contributed by atoms with Gasteiger partial charge in [0.1, 0.15) is 12.8 Å². The third kappa shape index (κ3) is 4.60. The van der Waals surface area contributed by atoms with E-state index in [1.54, 1.807) is 18.4 Å². The van der Waals surface area contributed by atoms with Crippen molar-refractivity contribution < 1.29 is 13.7 Å². The van der Waals surface area contributed by atoms with Crippen molar-refractivity contribution in [3.63, 3.8) is 0 Å². The van der Waals surface area contributed by atoms with Crippen LogP contribution in [0.3, 0.4) is 0 Å². The molecule has 0 spiro atoms. The van der Waals surface area contributed by atoms with Crippen LogP contribution in [-0.2, 0) is 24.4 Å². The molecule has 24 heavy (non-hydrogen) atoms. The summed E-state index contributed by atoms with van der Waals surface area (Å²) in [4.78, 5) is 9.89. The molecule has 3 rings (SSSR count). The first-order valence-corrected chi connectivity index (χ1v) is 8.91. The Morgan fingerprint density at radius 1 is 1.54 bits per heavy atom. The molecular formula is C16H23FN4O2S. The van der Waals surface area contributed by atoms with Crippen LogP contribution in [0.4, 0.5) is 4.39 Å². The number of alkyl halides is 1. The average Bonchev–Trinajstić information content (AvgIpc) is 3.24. The lowest BCUT2D eigenvalue weighted by molar-refractivity contribution is 0.169. The Kier molecular flexibility index (Phi) is 5.94. The maximum Gasteiger partial charge on any atom is 0.240 e. The lowest BCUT2D eigenvalue weighted by Gasteiger charge is -2.27. The molecular weight excluding hydrogens is 331 g/mol. The van der Waals surface area contributed by atoms with Gasteiger partial charge in [-0.1, -0.05) is 11.2 Å². The van der Waals surface area contributed by atoms with Crippen molar-refractivity contribution in [2.24, 2.45) is 0 Å². The fourth-order valence-corrected chi connectivity index (χ4v) is 3.84. The zero-order valence-electron chi connectivity index (χ0n) is 14.0. The molecule has 1 aliphatic rings. The van der Waals surface area contributed by atoms with E-state index in [1.807, 2.05) is 13.1 Å². The molecule has 1 fully saturated rings. The highest BCUT2D eigenvalue weighted by Crippen LogP contribution is 2.25. The number of likely N-dealkylation sites (N-methyl/N-ethyl adjacent to an activating group) is 1. The second-order valence-electron chi connectivity index (χ2n) is 6.23. The van der Waals surface area contributed by atoms with Crippen LogP contribution in [0.1, 0.15) is 23.0 Å². The fourth-order valence-electron chi connectivity index (χ4n) is 3.11. The van der Waals surface area contributed by atoms with Crippen LogP contribution in [0.2, 0.25) is 0 Å². The quantitative estimate of drug-likeness (QED) is 0.725. The molecule has 6 nitrogen and oxygen atoms in total. The molecule has 0 aromatic carbocycles. The van der Waals surface area contributed by atoms with E-state index in [9.17, 15) is 4.39 Å². The first-order valence-electron chi connectivity index (χ1n) is 8.03. The summed E-state index contributed by atoms with van der Waals surface area (Å²) >= 11 is 1.72. The van der Waals surface area contributed by atoms with Gasteiger partial charge in [-0.25, -0.2) is 4.39 Å².